The quantitative estimate of drug-likeness (QED) is 0.850. The molecular formula is C17H20ClN3O. The number of carbonyl (C=O) groups excluding carboxylic acids is 1. The minimum Gasteiger partial charge on any atom is -0.381 e. The van der Waals surface area contributed by atoms with E-state index in [2.05, 4.69) is 29.5 Å². The molecule has 0 saturated carbocycles. The molecule has 4 nitrogen and oxygen atoms in total. The fraction of sp³-hybridized carbons (Fsp3) is 0.294. The van der Waals surface area contributed by atoms with Crippen molar-refractivity contribution in [3.8, 4) is 0 Å². The molecule has 0 radical (unpaired) electrons. The molecule has 0 bridgehead atoms. The summed E-state index contributed by atoms with van der Waals surface area (Å²) < 4.78 is 0. The van der Waals surface area contributed by atoms with Crippen LogP contribution in [-0.4, -0.2) is 16.9 Å². The molecule has 1 heterocycles. The Labute approximate surface area is 135 Å². The highest BCUT2D eigenvalue weighted by Crippen LogP contribution is 2.11. The Balaban J connectivity index is 1.90. The van der Waals surface area contributed by atoms with Crippen molar-refractivity contribution >= 4 is 23.2 Å². The summed E-state index contributed by atoms with van der Waals surface area (Å²) in [4.78, 5) is 16.3. The van der Waals surface area contributed by atoms with Gasteiger partial charge in [-0.15, -0.1) is 0 Å². The zero-order chi connectivity index (χ0) is 15.9. The predicted octanol–water partition coefficient (Wildman–Crippen LogP) is 3.88. The van der Waals surface area contributed by atoms with Gasteiger partial charge in [0.1, 0.15) is 5.69 Å². The number of halogens is 1. The first-order valence-corrected chi connectivity index (χ1v) is 7.71. The lowest BCUT2D eigenvalue weighted by atomic mass is 10.2. The van der Waals surface area contributed by atoms with E-state index in [0.717, 1.165) is 17.7 Å². The van der Waals surface area contributed by atoms with Gasteiger partial charge < -0.3 is 10.6 Å². The highest BCUT2D eigenvalue weighted by atomic mass is 35.5. The lowest BCUT2D eigenvalue weighted by molar-refractivity contribution is 0.0946. The van der Waals surface area contributed by atoms with Crippen molar-refractivity contribution in [3.63, 3.8) is 0 Å². The number of hydrogen-bond donors (Lipinski definition) is 2. The first-order chi connectivity index (χ1) is 10.6. The maximum atomic E-state index is 12.1. The van der Waals surface area contributed by atoms with Crippen molar-refractivity contribution in [1.82, 2.24) is 10.3 Å². The van der Waals surface area contributed by atoms with Crippen molar-refractivity contribution in [2.75, 3.05) is 5.32 Å². The molecule has 0 spiro atoms. The standard InChI is InChI=1S/C17H20ClN3O/c1-3-12(2)21-15-8-9-16(19-11-15)17(22)20-10-13-4-6-14(18)7-5-13/h4-9,11-12,21H,3,10H2,1-2H3,(H,20,22). The van der Waals surface area contributed by atoms with E-state index < -0.39 is 0 Å². The average molecular weight is 318 g/mol. The molecule has 1 amide bonds. The zero-order valence-electron chi connectivity index (χ0n) is 12.8. The van der Waals surface area contributed by atoms with Crippen LogP contribution in [0.15, 0.2) is 42.6 Å². The third-order valence-corrected chi connectivity index (χ3v) is 3.64. The highest BCUT2D eigenvalue weighted by molar-refractivity contribution is 6.30. The van der Waals surface area contributed by atoms with Crippen LogP contribution < -0.4 is 10.6 Å². The third kappa shape index (κ3) is 4.74. The van der Waals surface area contributed by atoms with Gasteiger partial charge in [0, 0.05) is 17.6 Å². The van der Waals surface area contributed by atoms with Crippen LogP contribution in [0.1, 0.15) is 36.3 Å². The van der Waals surface area contributed by atoms with Gasteiger partial charge in [0.25, 0.3) is 5.91 Å². The monoisotopic (exact) mass is 317 g/mol. The van der Waals surface area contributed by atoms with Crippen LogP contribution >= 0.6 is 11.6 Å². The molecule has 2 aromatic rings. The van der Waals surface area contributed by atoms with Crippen molar-refractivity contribution in [2.45, 2.75) is 32.9 Å². The Kier molecular flexibility index (Phi) is 5.78. The number of rotatable bonds is 6. The lowest BCUT2D eigenvalue weighted by Gasteiger charge is -2.12. The van der Waals surface area contributed by atoms with E-state index >= 15 is 0 Å². The van der Waals surface area contributed by atoms with Gasteiger partial charge in [-0.05, 0) is 43.2 Å². The fourth-order valence-electron chi connectivity index (χ4n) is 1.88. The molecule has 116 valence electrons. The molecule has 22 heavy (non-hydrogen) atoms. The van der Waals surface area contributed by atoms with Gasteiger partial charge in [0.2, 0.25) is 0 Å². The van der Waals surface area contributed by atoms with Gasteiger partial charge in [0.05, 0.1) is 11.9 Å². The fourth-order valence-corrected chi connectivity index (χ4v) is 2.00. The van der Waals surface area contributed by atoms with Crippen LogP contribution in [-0.2, 0) is 6.54 Å². The second kappa shape index (κ2) is 7.80. The minimum absolute atomic E-state index is 0.190. The second-order valence-corrected chi connectivity index (χ2v) is 5.63. The number of anilines is 1. The molecule has 2 N–H and O–H groups in total. The summed E-state index contributed by atoms with van der Waals surface area (Å²) in [7, 11) is 0. The molecule has 1 aromatic heterocycles. The molecule has 0 aliphatic carbocycles. The van der Waals surface area contributed by atoms with Crippen molar-refractivity contribution < 1.29 is 4.79 Å². The smallest absolute Gasteiger partial charge is 0.270 e. The van der Waals surface area contributed by atoms with Crippen molar-refractivity contribution in [2.24, 2.45) is 0 Å². The van der Waals surface area contributed by atoms with Crippen LogP contribution in [0.4, 0.5) is 5.69 Å². The van der Waals surface area contributed by atoms with Crippen LogP contribution in [0.3, 0.4) is 0 Å². The molecule has 1 atom stereocenters. The number of nitrogens with zero attached hydrogens (tertiary/aromatic N) is 1. The normalized spacial score (nSPS) is 11.8. The molecule has 0 aliphatic heterocycles. The number of benzene rings is 1. The van der Waals surface area contributed by atoms with Gasteiger partial charge in [-0.3, -0.25) is 4.79 Å². The van der Waals surface area contributed by atoms with Gasteiger partial charge >= 0.3 is 0 Å². The van der Waals surface area contributed by atoms with Crippen molar-refractivity contribution in [3.05, 3.63) is 58.9 Å². The summed E-state index contributed by atoms with van der Waals surface area (Å²) in [6.45, 7) is 4.67. The molecule has 1 unspecified atom stereocenters. The molecule has 2 rings (SSSR count). The summed E-state index contributed by atoms with van der Waals surface area (Å²) in [6, 6.07) is 11.3. The molecular weight excluding hydrogens is 298 g/mol. The number of hydrogen-bond acceptors (Lipinski definition) is 3. The van der Waals surface area contributed by atoms with Crippen LogP contribution in [0.25, 0.3) is 0 Å². The van der Waals surface area contributed by atoms with Crippen LogP contribution in [0.2, 0.25) is 5.02 Å². The summed E-state index contributed by atoms with van der Waals surface area (Å²) in [5.41, 5.74) is 2.32. The van der Waals surface area contributed by atoms with E-state index in [1.165, 1.54) is 0 Å². The number of amides is 1. The van der Waals surface area contributed by atoms with Gasteiger partial charge in [-0.1, -0.05) is 30.7 Å². The molecule has 0 aliphatic rings. The van der Waals surface area contributed by atoms with Crippen LogP contribution in [0, 0.1) is 0 Å². The van der Waals surface area contributed by atoms with E-state index in [1.807, 2.05) is 18.2 Å². The average Bonchev–Trinajstić information content (AvgIpc) is 2.54. The topological polar surface area (TPSA) is 54.0 Å². The van der Waals surface area contributed by atoms with E-state index in [-0.39, 0.29) is 5.91 Å². The highest BCUT2D eigenvalue weighted by Gasteiger charge is 2.07. The minimum atomic E-state index is -0.190. The van der Waals surface area contributed by atoms with E-state index in [1.54, 1.807) is 24.4 Å². The molecule has 5 heteroatoms. The van der Waals surface area contributed by atoms with E-state index in [4.69, 9.17) is 11.6 Å². The number of nitrogens with one attached hydrogen (secondary N) is 2. The van der Waals surface area contributed by atoms with E-state index in [9.17, 15) is 4.79 Å². The van der Waals surface area contributed by atoms with Crippen LogP contribution in [0.5, 0.6) is 0 Å². The number of aromatic nitrogens is 1. The summed E-state index contributed by atoms with van der Waals surface area (Å²) in [5.74, 6) is -0.190. The van der Waals surface area contributed by atoms with E-state index in [0.29, 0.717) is 23.3 Å². The maximum absolute atomic E-state index is 12.1. The van der Waals surface area contributed by atoms with Gasteiger partial charge in [-0.2, -0.15) is 0 Å². The van der Waals surface area contributed by atoms with Gasteiger partial charge in [-0.25, -0.2) is 4.98 Å². The lowest BCUT2D eigenvalue weighted by Crippen LogP contribution is -2.23. The van der Waals surface area contributed by atoms with Gasteiger partial charge in [0.15, 0.2) is 0 Å². The Bertz CT molecular complexity index is 611. The Morgan fingerprint density at radius 2 is 1.95 bits per heavy atom. The Morgan fingerprint density at radius 1 is 1.23 bits per heavy atom. The predicted molar refractivity (Wildman–Crippen MR) is 90.2 cm³/mol. The molecule has 0 fully saturated rings. The first-order valence-electron chi connectivity index (χ1n) is 7.33. The third-order valence-electron chi connectivity index (χ3n) is 3.39. The van der Waals surface area contributed by atoms with Crippen molar-refractivity contribution in [1.29, 1.82) is 0 Å². The summed E-state index contributed by atoms with van der Waals surface area (Å²) in [6.07, 6.45) is 2.71. The summed E-state index contributed by atoms with van der Waals surface area (Å²) in [5, 5.41) is 6.84. The SMILES string of the molecule is CCC(C)Nc1ccc(C(=O)NCc2ccc(Cl)cc2)nc1. The second-order valence-electron chi connectivity index (χ2n) is 5.19. The largest absolute Gasteiger partial charge is 0.381 e. The Hall–Kier alpha value is -2.07. The maximum Gasteiger partial charge on any atom is 0.270 e. The summed E-state index contributed by atoms with van der Waals surface area (Å²) >= 11 is 5.83. The number of carbonyl (C=O) groups is 1. The molecule has 1 aromatic carbocycles. The molecule has 0 saturated heterocycles. The number of pyridine rings is 1. The first kappa shape index (κ1) is 16.3. The Morgan fingerprint density at radius 3 is 2.55 bits per heavy atom. The zero-order valence-corrected chi connectivity index (χ0v) is 13.5.